The van der Waals surface area contributed by atoms with Gasteiger partial charge in [0.1, 0.15) is 15.8 Å². The summed E-state index contributed by atoms with van der Waals surface area (Å²) in [4.78, 5) is 14.0. The fraction of sp³-hybridized carbons (Fsp3) is 0.471. The highest BCUT2D eigenvalue weighted by molar-refractivity contribution is 9.10. The lowest BCUT2D eigenvalue weighted by atomic mass is 10.1. The van der Waals surface area contributed by atoms with Crippen molar-refractivity contribution in [3.63, 3.8) is 0 Å². The van der Waals surface area contributed by atoms with Crippen LogP contribution in [0.15, 0.2) is 31.9 Å². The van der Waals surface area contributed by atoms with E-state index in [1.807, 2.05) is 19.1 Å². The maximum Gasteiger partial charge on any atom is 0.350 e. The molecule has 0 fully saturated rings. The molecule has 2 rings (SSSR count). The molecular formula is C17H22BrNO3. The van der Waals surface area contributed by atoms with Gasteiger partial charge in [0.25, 0.3) is 0 Å². The van der Waals surface area contributed by atoms with Gasteiger partial charge in [-0.05, 0) is 60.6 Å². The van der Waals surface area contributed by atoms with Gasteiger partial charge in [0.05, 0.1) is 6.61 Å². The first-order chi connectivity index (χ1) is 10.6. The van der Waals surface area contributed by atoms with Crippen LogP contribution in [0.3, 0.4) is 0 Å². The summed E-state index contributed by atoms with van der Waals surface area (Å²) in [6.07, 6.45) is 0.976. The molecule has 0 radical (unpaired) electrons. The van der Waals surface area contributed by atoms with Crippen molar-refractivity contribution in [3.05, 3.63) is 38.7 Å². The Kier molecular flexibility index (Phi) is 6.03. The van der Waals surface area contributed by atoms with E-state index in [1.54, 1.807) is 6.07 Å². The average Bonchev–Trinajstić information content (AvgIpc) is 2.51. The van der Waals surface area contributed by atoms with Crippen molar-refractivity contribution in [3.8, 4) is 5.75 Å². The summed E-state index contributed by atoms with van der Waals surface area (Å²) in [5, 5.41) is 0.888. The van der Waals surface area contributed by atoms with Crippen LogP contribution < -0.4 is 10.4 Å². The lowest BCUT2D eigenvalue weighted by Crippen LogP contribution is -2.25. The summed E-state index contributed by atoms with van der Waals surface area (Å²) in [6, 6.07) is 5.62. The molecule has 1 aromatic carbocycles. The van der Waals surface area contributed by atoms with Crippen molar-refractivity contribution < 1.29 is 9.15 Å². The maximum absolute atomic E-state index is 11.6. The van der Waals surface area contributed by atoms with Crippen molar-refractivity contribution in [2.75, 3.05) is 26.2 Å². The van der Waals surface area contributed by atoms with E-state index in [0.29, 0.717) is 16.7 Å². The van der Waals surface area contributed by atoms with Crippen LogP contribution in [-0.2, 0) is 0 Å². The molecule has 120 valence electrons. The van der Waals surface area contributed by atoms with Gasteiger partial charge in [-0.2, -0.15) is 0 Å². The number of aryl methyl sites for hydroxylation is 1. The summed E-state index contributed by atoms with van der Waals surface area (Å²) in [5.41, 5.74) is 1.09. The minimum atomic E-state index is -0.366. The Bertz CT molecular complexity index is 692. The van der Waals surface area contributed by atoms with E-state index in [-0.39, 0.29) is 5.63 Å². The van der Waals surface area contributed by atoms with E-state index in [1.165, 1.54) is 0 Å². The number of nitrogens with zero attached hydrogens (tertiary/aromatic N) is 1. The zero-order valence-electron chi connectivity index (χ0n) is 13.3. The van der Waals surface area contributed by atoms with Gasteiger partial charge in [-0.15, -0.1) is 0 Å². The van der Waals surface area contributed by atoms with E-state index in [9.17, 15) is 4.79 Å². The SMILES string of the molecule is CCN(CC)CCCOc1ccc2cc(Br)c(=O)oc2c1C. The Labute approximate surface area is 139 Å². The van der Waals surface area contributed by atoms with Crippen LogP contribution in [0.4, 0.5) is 0 Å². The molecule has 22 heavy (non-hydrogen) atoms. The molecule has 0 saturated heterocycles. The van der Waals surface area contributed by atoms with Gasteiger partial charge in [0.2, 0.25) is 0 Å². The van der Waals surface area contributed by atoms with Crippen LogP contribution in [0.2, 0.25) is 0 Å². The van der Waals surface area contributed by atoms with E-state index < -0.39 is 0 Å². The quantitative estimate of drug-likeness (QED) is 0.548. The van der Waals surface area contributed by atoms with Crippen LogP contribution in [0.1, 0.15) is 25.8 Å². The standard InChI is InChI=1S/C17H22BrNO3/c1-4-19(5-2)9-6-10-21-15-8-7-13-11-14(18)17(20)22-16(13)12(15)3/h7-8,11H,4-6,9-10H2,1-3H3. The zero-order chi connectivity index (χ0) is 16.1. The third-order valence-electron chi connectivity index (χ3n) is 3.83. The van der Waals surface area contributed by atoms with Gasteiger partial charge in [0.15, 0.2) is 0 Å². The van der Waals surface area contributed by atoms with Gasteiger partial charge >= 0.3 is 5.63 Å². The van der Waals surface area contributed by atoms with Gasteiger partial charge in [-0.3, -0.25) is 0 Å². The predicted molar refractivity (Wildman–Crippen MR) is 92.8 cm³/mol. The highest BCUT2D eigenvalue weighted by Crippen LogP contribution is 2.27. The molecule has 5 heteroatoms. The zero-order valence-corrected chi connectivity index (χ0v) is 14.9. The lowest BCUT2D eigenvalue weighted by Gasteiger charge is -2.18. The van der Waals surface area contributed by atoms with Crippen molar-refractivity contribution in [1.29, 1.82) is 0 Å². The molecule has 0 unspecified atom stereocenters. The number of fused-ring (bicyclic) bond motifs is 1. The van der Waals surface area contributed by atoms with Gasteiger partial charge in [0, 0.05) is 17.5 Å². The fourth-order valence-electron chi connectivity index (χ4n) is 2.45. The molecule has 0 aliphatic carbocycles. The molecular weight excluding hydrogens is 346 g/mol. The number of rotatable bonds is 7. The molecule has 4 nitrogen and oxygen atoms in total. The Balaban J connectivity index is 2.07. The first-order valence-electron chi connectivity index (χ1n) is 7.65. The van der Waals surface area contributed by atoms with Crippen LogP contribution in [0.25, 0.3) is 11.0 Å². The normalized spacial score (nSPS) is 11.3. The van der Waals surface area contributed by atoms with Gasteiger partial charge in [-0.1, -0.05) is 13.8 Å². The second-order valence-corrected chi connectivity index (χ2v) is 6.07. The topological polar surface area (TPSA) is 42.7 Å². The number of halogens is 1. The molecule has 0 aliphatic rings. The Morgan fingerprint density at radius 2 is 2.00 bits per heavy atom. The van der Waals surface area contributed by atoms with Crippen LogP contribution in [-0.4, -0.2) is 31.1 Å². The molecule has 2 aromatic rings. The predicted octanol–water partition coefficient (Wildman–Crippen LogP) is 3.97. The summed E-state index contributed by atoms with van der Waals surface area (Å²) < 4.78 is 11.6. The van der Waals surface area contributed by atoms with Gasteiger partial charge < -0.3 is 14.1 Å². The highest BCUT2D eigenvalue weighted by atomic mass is 79.9. The van der Waals surface area contributed by atoms with Gasteiger partial charge in [-0.25, -0.2) is 4.79 Å². The number of hydrogen-bond donors (Lipinski definition) is 0. The second-order valence-electron chi connectivity index (χ2n) is 5.22. The molecule has 1 aromatic heterocycles. The van der Waals surface area contributed by atoms with E-state index in [4.69, 9.17) is 9.15 Å². The summed E-state index contributed by atoms with van der Waals surface area (Å²) >= 11 is 3.20. The first kappa shape index (κ1) is 17.0. The fourth-order valence-corrected chi connectivity index (χ4v) is 2.77. The maximum atomic E-state index is 11.6. The summed E-state index contributed by atoms with van der Waals surface area (Å²) in [5.74, 6) is 0.775. The Morgan fingerprint density at radius 3 is 2.68 bits per heavy atom. The van der Waals surface area contributed by atoms with Crippen molar-refractivity contribution in [2.24, 2.45) is 0 Å². The smallest absolute Gasteiger partial charge is 0.350 e. The first-order valence-corrected chi connectivity index (χ1v) is 8.44. The van der Waals surface area contributed by atoms with Crippen molar-refractivity contribution in [1.82, 2.24) is 4.90 Å². The minimum absolute atomic E-state index is 0.366. The molecule has 0 saturated carbocycles. The van der Waals surface area contributed by atoms with Crippen molar-refractivity contribution >= 4 is 26.9 Å². The van der Waals surface area contributed by atoms with Crippen LogP contribution in [0.5, 0.6) is 5.75 Å². The third kappa shape index (κ3) is 3.90. The monoisotopic (exact) mass is 367 g/mol. The second kappa shape index (κ2) is 7.79. The highest BCUT2D eigenvalue weighted by Gasteiger charge is 2.10. The van der Waals surface area contributed by atoms with Crippen molar-refractivity contribution in [2.45, 2.75) is 27.2 Å². The van der Waals surface area contributed by atoms with Crippen LogP contribution in [0, 0.1) is 6.92 Å². The lowest BCUT2D eigenvalue weighted by molar-refractivity contribution is 0.248. The summed E-state index contributed by atoms with van der Waals surface area (Å²) in [6.45, 7) is 10.1. The third-order valence-corrected chi connectivity index (χ3v) is 4.38. The number of benzene rings is 1. The molecule has 0 aliphatic heterocycles. The van der Waals surface area contributed by atoms with E-state index in [2.05, 4.69) is 34.7 Å². The average molecular weight is 368 g/mol. The van der Waals surface area contributed by atoms with E-state index >= 15 is 0 Å². The van der Waals surface area contributed by atoms with Crippen LogP contribution >= 0.6 is 15.9 Å². The summed E-state index contributed by atoms with van der Waals surface area (Å²) in [7, 11) is 0. The van der Waals surface area contributed by atoms with E-state index in [0.717, 1.165) is 42.8 Å². The Hall–Kier alpha value is -1.33. The molecule has 0 spiro atoms. The minimum Gasteiger partial charge on any atom is -0.493 e. The number of ether oxygens (including phenoxy) is 1. The largest absolute Gasteiger partial charge is 0.493 e. The Morgan fingerprint density at radius 1 is 1.27 bits per heavy atom. The molecule has 0 atom stereocenters. The molecule has 0 amide bonds. The molecule has 0 N–H and O–H groups in total. The molecule has 0 bridgehead atoms. The number of hydrogen-bond acceptors (Lipinski definition) is 4. The molecule has 1 heterocycles.